The lowest BCUT2D eigenvalue weighted by molar-refractivity contribution is 0.252. The number of hydrogen-bond donors (Lipinski definition) is 1. The minimum absolute atomic E-state index is 0.0149. The number of nitriles is 1. The Kier molecular flexibility index (Phi) is 3.80. The SMILES string of the molecule is N#Cc1c[nH]c2ncnc(N3CC4(CC4)[C@H]3c3nn4ccc(Cl)c4c(=O)n3-c3ccccc3)c12. The maximum atomic E-state index is 13.7. The van der Waals surface area contributed by atoms with E-state index in [1.165, 1.54) is 6.33 Å². The maximum Gasteiger partial charge on any atom is 0.284 e. The second kappa shape index (κ2) is 6.68. The minimum Gasteiger partial charge on any atom is -0.345 e. The van der Waals surface area contributed by atoms with Crippen LogP contribution < -0.4 is 10.5 Å². The van der Waals surface area contributed by atoms with Crippen molar-refractivity contribution in [3.05, 3.63) is 81.9 Å². The zero-order chi connectivity index (χ0) is 23.0. The highest BCUT2D eigenvalue weighted by atomic mass is 35.5. The Morgan fingerprint density at radius 1 is 1.18 bits per heavy atom. The summed E-state index contributed by atoms with van der Waals surface area (Å²) in [7, 11) is 0. The maximum absolute atomic E-state index is 13.7. The van der Waals surface area contributed by atoms with E-state index in [9.17, 15) is 10.1 Å². The Hall–Kier alpha value is -4.16. The van der Waals surface area contributed by atoms with E-state index in [4.69, 9.17) is 16.7 Å². The van der Waals surface area contributed by atoms with E-state index < -0.39 is 0 Å². The molecule has 166 valence electrons. The van der Waals surface area contributed by atoms with Gasteiger partial charge in [0.1, 0.15) is 29.4 Å². The van der Waals surface area contributed by atoms with Gasteiger partial charge in [0.15, 0.2) is 5.82 Å². The second-order valence-electron chi connectivity index (χ2n) is 8.92. The predicted molar refractivity (Wildman–Crippen MR) is 126 cm³/mol. The number of benzene rings is 1. The Morgan fingerprint density at radius 2 is 2.00 bits per heavy atom. The molecule has 0 amide bonds. The zero-order valence-electron chi connectivity index (χ0n) is 17.8. The lowest BCUT2D eigenvalue weighted by Crippen LogP contribution is -2.54. The number of nitrogens with one attached hydrogen (secondary N) is 1. The summed E-state index contributed by atoms with van der Waals surface area (Å²) >= 11 is 6.36. The molecule has 2 fully saturated rings. The summed E-state index contributed by atoms with van der Waals surface area (Å²) in [6.45, 7) is 0.773. The molecule has 4 aromatic heterocycles. The molecule has 5 heterocycles. The van der Waals surface area contributed by atoms with E-state index in [-0.39, 0.29) is 17.0 Å². The Labute approximate surface area is 197 Å². The molecule has 1 aromatic carbocycles. The number of halogens is 1. The van der Waals surface area contributed by atoms with E-state index in [1.807, 2.05) is 30.3 Å². The van der Waals surface area contributed by atoms with Gasteiger partial charge in [-0.1, -0.05) is 29.8 Å². The van der Waals surface area contributed by atoms with E-state index >= 15 is 0 Å². The molecule has 10 heteroatoms. The lowest BCUT2D eigenvalue weighted by Gasteiger charge is -2.49. The van der Waals surface area contributed by atoms with Crippen LogP contribution in [0.4, 0.5) is 5.82 Å². The first kappa shape index (κ1) is 19.3. The molecule has 1 aliphatic carbocycles. The third kappa shape index (κ3) is 2.48. The number of hydrogen-bond acceptors (Lipinski definition) is 6. The minimum atomic E-state index is -0.221. The number of H-pyrrole nitrogens is 1. The van der Waals surface area contributed by atoms with Crippen molar-refractivity contribution in [3.63, 3.8) is 0 Å². The summed E-state index contributed by atoms with van der Waals surface area (Å²) in [6, 6.07) is 13.2. The zero-order valence-corrected chi connectivity index (χ0v) is 18.6. The third-order valence-electron chi connectivity index (χ3n) is 7.03. The molecular weight excluding hydrogens is 452 g/mol. The molecule has 2 aliphatic rings. The summed E-state index contributed by atoms with van der Waals surface area (Å²) in [5.41, 5.74) is 1.96. The molecular formula is C24H17ClN8O. The van der Waals surface area contributed by atoms with Gasteiger partial charge in [0, 0.05) is 24.4 Å². The largest absolute Gasteiger partial charge is 0.345 e. The van der Waals surface area contributed by atoms with Crippen LogP contribution in [0.2, 0.25) is 5.02 Å². The monoisotopic (exact) mass is 468 g/mol. The topological polar surface area (TPSA) is 108 Å². The van der Waals surface area contributed by atoms with Crippen molar-refractivity contribution in [2.24, 2.45) is 5.41 Å². The summed E-state index contributed by atoms with van der Waals surface area (Å²) in [5.74, 6) is 1.30. The van der Waals surface area contributed by atoms with Crippen molar-refractivity contribution >= 4 is 34.0 Å². The number of para-hydroxylation sites is 1. The number of nitrogens with zero attached hydrogens (tertiary/aromatic N) is 7. The average Bonchev–Trinajstić information content (AvgIpc) is 3.42. The van der Waals surface area contributed by atoms with Gasteiger partial charge >= 0.3 is 0 Å². The van der Waals surface area contributed by atoms with E-state index in [0.29, 0.717) is 38.8 Å². The van der Waals surface area contributed by atoms with E-state index in [2.05, 4.69) is 25.9 Å². The van der Waals surface area contributed by atoms with Gasteiger partial charge in [-0.2, -0.15) is 10.4 Å². The Bertz CT molecular complexity index is 1710. The van der Waals surface area contributed by atoms with E-state index in [0.717, 1.165) is 25.1 Å². The van der Waals surface area contributed by atoms with Crippen molar-refractivity contribution in [3.8, 4) is 11.8 Å². The summed E-state index contributed by atoms with van der Waals surface area (Å²) < 4.78 is 3.23. The highest BCUT2D eigenvalue weighted by Gasteiger charge is 2.63. The molecule has 7 rings (SSSR count). The fourth-order valence-electron chi connectivity index (χ4n) is 5.24. The van der Waals surface area contributed by atoms with Crippen LogP contribution in [0.15, 0.2) is 59.9 Å². The molecule has 1 atom stereocenters. The van der Waals surface area contributed by atoms with Crippen LogP contribution in [0.5, 0.6) is 0 Å². The number of aromatic amines is 1. The van der Waals surface area contributed by atoms with Crippen LogP contribution in [0, 0.1) is 16.7 Å². The van der Waals surface area contributed by atoms with Crippen LogP contribution >= 0.6 is 11.6 Å². The number of aromatic nitrogens is 6. The fourth-order valence-corrected chi connectivity index (χ4v) is 5.46. The number of anilines is 1. The van der Waals surface area contributed by atoms with Crippen LogP contribution in [0.3, 0.4) is 0 Å². The molecule has 9 nitrogen and oxygen atoms in total. The van der Waals surface area contributed by atoms with Gasteiger partial charge in [0.25, 0.3) is 5.56 Å². The van der Waals surface area contributed by atoms with Crippen LogP contribution in [0.1, 0.15) is 30.3 Å². The Balaban J connectivity index is 1.50. The molecule has 1 aliphatic heterocycles. The smallest absolute Gasteiger partial charge is 0.284 e. The molecule has 0 unspecified atom stereocenters. The highest BCUT2D eigenvalue weighted by molar-refractivity contribution is 6.33. The Morgan fingerprint density at radius 3 is 2.76 bits per heavy atom. The van der Waals surface area contributed by atoms with Gasteiger partial charge in [0.2, 0.25) is 0 Å². The molecule has 5 aromatic rings. The first-order valence-corrected chi connectivity index (χ1v) is 11.3. The third-order valence-corrected chi connectivity index (χ3v) is 7.34. The van der Waals surface area contributed by atoms with Crippen LogP contribution in [-0.2, 0) is 0 Å². The normalized spacial score (nSPS) is 18.4. The van der Waals surface area contributed by atoms with Gasteiger partial charge < -0.3 is 9.88 Å². The van der Waals surface area contributed by atoms with Gasteiger partial charge in [-0.05, 0) is 31.0 Å². The first-order chi connectivity index (χ1) is 16.6. The fraction of sp³-hybridized carbons (Fsp3) is 0.208. The predicted octanol–water partition coefficient (Wildman–Crippen LogP) is 3.62. The molecule has 1 spiro atoms. The standard InChI is InChI=1S/C24H17ClN8O/c25-16-6-9-32-18(16)23(34)33(15-4-2-1-3-5-15)22(30-32)19-24(7-8-24)12-31(19)21-17-14(10-26)11-27-20(17)28-13-29-21/h1-6,9,11,13,19H,7-8,12H2,(H,27,28,29)/t19-/m1/s1. The summed E-state index contributed by atoms with van der Waals surface area (Å²) in [5, 5.41) is 15.6. The average molecular weight is 469 g/mol. The molecule has 1 saturated heterocycles. The van der Waals surface area contributed by atoms with Gasteiger partial charge in [-0.3, -0.25) is 9.36 Å². The van der Waals surface area contributed by atoms with Crippen molar-refractivity contribution < 1.29 is 0 Å². The van der Waals surface area contributed by atoms with Crippen molar-refractivity contribution in [2.45, 2.75) is 18.9 Å². The summed E-state index contributed by atoms with van der Waals surface area (Å²) in [4.78, 5) is 27.8. The van der Waals surface area contributed by atoms with Gasteiger partial charge in [-0.25, -0.2) is 14.5 Å². The van der Waals surface area contributed by atoms with Crippen molar-refractivity contribution in [1.82, 2.24) is 29.1 Å². The van der Waals surface area contributed by atoms with Crippen LogP contribution in [-0.4, -0.2) is 35.7 Å². The number of rotatable bonds is 3. The van der Waals surface area contributed by atoms with Crippen molar-refractivity contribution in [2.75, 3.05) is 11.4 Å². The van der Waals surface area contributed by atoms with E-state index in [1.54, 1.807) is 27.5 Å². The lowest BCUT2D eigenvalue weighted by atomic mass is 9.83. The second-order valence-corrected chi connectivity index (χ2v) is 9.33. The molecule has 0 bridgehead atoms. The molecule has 1 N–H and O–H groups in total. The number of fused-ring (bicyclic) bond motifs is 2. The first-order valence-electron chi connectivity index (χ1n) is 11.0. The molecule has 1 saturated carbocycles. The highest BCUT2D eigenvalue weighted by Crippen LogP contribution is 2.65. The molecule has 0 radical (unpaired) electrons. The van der Waals surface area contributed by atoms with Crippen LogP contribution in [0.25, 0.3) is 22.2 Å². The summed E-state index contributed by atoms with van der Waals surface area (Å²) in [6.07, 6.45) is 6.93. The molecule has 34 heavy (non-hydrogen) atoms. The van der Waals surface area contributed by atoms with Gasteiger partial charge in [-0.15, -0.1) is 0 Å². The van der Waals surface area contributed by atoms with Gasteiger partial charge in [0.05, 0.1) is 27.7 Å². The quantitative estimate of drug-likeness (QED) is 0.433. The van der Waals surface area contributed by atoms with Crippen molar-refractivity contribution in [1.29, 1.82) is 5.26 Å².